The van der Waals surface area contributed by atoms with Gasteiger partial charge >= 0.3 is 0 Å². The highest BCUT2D eigenvalue weighted by Gasteiger charge is 2.47. The summed E-state index contributed by atoms with van der Waals surface area (Å²) < 4.78 is 11.6. The largest absolute Gasteiger partial charge is 0.394 e. The maximum Gasteiger partial charge on any atom is 0.115 e. The summed E-state index contributed by atoms with van der Waals surface area (Å²) in [5, 5.41) is 223. The van der Waals surface area contributed by atoms with Crippen molar-refractivity contribution in [1.29, 1.82) is 0 Å². The predicted octanol–water partition coefficient (Wildman–Crippen LogP) is 1.53. The minimum Gasteiger partial charge on any atom is -0.394 e. The number of aliphatic hydroxyl groups is 21. The van der Waals surface area contributed by atoms with E-state index in [0.717, 1.165) is 12.8 Å². The molecule has 0 radical (unpaired) electrons. The molecule has 2 saturated heterocycles. The van der Waals surface area contributed by atoms with Crippen LogP contribution in [0.1, 0.15) is 155 Å². The summed E-state index contributed by atoms with van der Waals surface area (Å²) in [7, 11) is 0. The minimum atomic E-state index is -1.83. The van der Waals surface area contributed by atoms with Gasteiger partial charge in [0.25, 0.3) is 0 Å². The van der Waals surface area contributed by atoms with E-state index >= 15 is 0 Å². The zero-order chi connectivity index (χ0) is 69.6. The van der Waals surface area contributed by atoms with Crippen molar-refractivity contribution in [3.8, 4) is 0 Å². The summed E-state index contributed by atoms with van der Waals surface area (Å²) in [5.74, 6) is -0.676. The molecule has 2 heterocycles. The van der Waals surface area contributed by atoms with Crippen LogP contribution in [-0.2, 0) is 9.47 Å². The van der Waals surface area contributed by atoms with Crippen molar-refractivity contribution in [1.82, 2.24) is 0 Å². The molecule has 93 heavy (non-hydrogen) atoms. The molecule has 0 saturated carbocycles. The molecule has 536 valence electrons. The lowest BCUT2D eigenvalue weighted by Crippen LogP contribution is -2.59. The van der Waals surface area contributed by atoms with Crippen LogP contribution in [0.25, 0.3) is 0 Å². The lowest BCUT2D eigenvalue weighted by Gasteiger charge is -2.42. The average molecular weight is 1330 g/mol. The molecule has 2 rings (SSSR count). The zero-order valence-electron chi connectivity index (χ0n) is 54.6. The molecule has 0 spiro atoms. The van der Waals surface area contributed by atoms with Crippen molar-refractivity contribution in [2.45, 2.75) is 302 Å². The maximum atomic E-state index is 11.2. The number of ether oxygens (including phenoxy) is 2. The first kappa shape index (κ1) is 85.6. The van der Waals surface area contributed by atoms with Crippen molar-refractivity contribution in [3.05, 3.63) is 122 Å². The molecule has 0 aromatic heterocycles. The number of allylic oxidation sites excluding steroid dienone is 11. The summed E-state index contributed by atoms with van der Waals surface area (Å²) in [4.78, 5) is 0. The van der Waals surface area contributed by atoms with E-state index in [9.17, 15) is 102 Å². The van der Waals surface area contributed by atoms with Crippen LogP contribution in [-0.4, -0.2) is 260 Å². The Morgan fingerprint density at radius 2 is 1.04 bits per heavy atom. The number of unbranched alkanes of at least 4 members (excludes halogenated alkanes) is 4. The second kappa shape index (κ2) is 48.2. The van der Waals surface area contributed by atoms with Gasteiger partial charge in [-0.3, -0.25) is 0 Å². The minimum absolute atomic E-state index is 0.00463. The van der Waals surface area contributed by atoms with Gasteiger partial charge < -0.3 is 117 Å². The van der Waals surface area contributed by atoms with Crippen LogP contribution in [0.2, 0.25) is 0 Å². The molecule has 25 atom stereocenters. The van der Waals surface area contributed by atoms with Crippen molar-refractivity contribution >= 4 is 0 Å². The smallest absolute Gasteiger partial charge is 0.115 e. The highest BCUT2D eigenvalue weighted by molar-refractivity contribution is 5.13. The molecular weight excluding hydrogens is 1210 g/mol. The molecule has 0 aromatic carbocycles. The van der Waals surface area contributed by atoms with Crippen LogP contribution in [0, 0.1) is 5.92 Å². The van der Waals surface area contributed by atoms with Gasteiger partial charge in [0.15, 0.2) is 0 Å². The van der Waals surface area contributed by atoms with Gasteiger partial charge in [-0.2, -0.15) is 0 Å². The first-order valence-corrected chi connectivity index (χ1v) is 33.3. The van der Waals surface area contributed by atoms with E-state index in [1.807, 2.05) is 42.5 Å². The third-order valence-corrected chi connectivity index (χ3v) is 17.1. The molecule has 21 N–H and O–H groups in total. The van der Waals surface area contributed by atoms with E-state index in [0.29, 0.717) is 63.4 Å². The van der Waals surface area contributed by atoms with Crippen LogP contribution in [0.15, 0.2) is 122 Å². The molecular formula is C70H118O23. The van der Waals surface area contributed by atoms with E-state index in [-0.39, 0.29) is 82.8 Å². The van der Waals surface area contributed by atoms with Crippen molar-refractivity contribution < 1.29 is 117 Å². The third-order valence-electron chi connectivity index (χ3n) is 17.1. The normalized spacial score (nSPS) is 26.9. The van der Waals surface area contributed by atoms with Gasteiger partial charge in [-0.25, -0.2) is 0 Å². The fourth-order valence-corrected chi connectivity index (χ4v) is 11.1. The Bertz CT molecular complexity index is 2240. The Hall–Kier alpha value is -3.52. The van der Waals surface area contributed by atoms with Gasteiger partial charge in [-0.05, 0) is 121 Å². The molecule has 0 amide bonds. The topological polar surface area (TPSA) is 443 Å². The fraction of sp³-hybridized carbons (Fsp3) is 0.714. The van der Waals surface area contributed by atoms with Crippen LogP contribution in [0.4, 0.5) is 0 Å². The Balaban J connectivity index is 1.77. The first-order valence-electron chi connectivity index (χ1n) is 33.3. The lowest BCUT2D eigenvalue weighted by atomic mass is 9.87. The van der Waals surface area contributed by atoms with Crippen molar-refractivity contribution in [3.63, 3.8) is 0 Å². The highest BCUT2D eigenvalue weighted by atomic mass is 16.6. The number of hydrogen-bond acceptors (Lipinski definition) is 23. The summed E-state index contributed by atoms with van der Waals surface area (Å²) in [6.07, 6.45) is 1.59. The number of rotatable bonds is 49. The Morgan fingerprint density at radius 1 is 0.495 bits per heavy atom. The fourth-order valence-electron chi connectivity index (χ4n) is 11.1. The van der Waals surface area contributed by atoms with Crippen molar-refractivity contribution in [2.75, 3.05) is 6.61 Å². The Kier molecular flexibility index (Phi) is 44.4. The SMILES string of the molecule is C=C/C=C/CC/C=C/C=C/C=C/CC/C=C/[C@@H](O)[C@H](O)[C@@H]1O[C@@H]([C@H](O)[C@H](O)C(=C)CC[C@@H](O)[C@H]2C[C@@H](O)[C@@H](O)[C@H]([C@@H](O)[C@H](O)/C=C(\C)CC[C@H](O)C[C@H](O)[C@H](O)[C@@H](C)C[C@H](O)[C@@H](O)CCCCC[C@@H](O)CCC[C@@H](O)/C=C/C[C@@H](O)/C=C/C[C@H](O)CO)O2)C[C@@H](O)[C@H]1O. The van der Waals surface area contributed by atoms with E-state index in [2.05, 4.69) is 19.2 Å². The first-order chi connectivity index (χ1) is 44.1. The molecule has 2 aliphatic rings. The quantitative estimate of drug-likeness (QED) is 0.0233. The molecule has 23 nitrogen and oxygen atoms in total. The molecule has 23 heteroatoms. The van der Waals surface area contributed by atoms with Gasteiger partial charge in [0, 0.05) is 19.3 Å². The van der Waals surface area contributed by atoms with Gasteiger partial charge in [-0.1, -0.05) is 142 Å². The number of aliphatic hydroxyl groups excluding tert-OH is 21. The standard InChI is InChI=1S/C70H118O23/c1-5-6-7-8-9-10-11-12-13-14-15-16-17-20-33-54(79)64(87)69-67(90)59(84)42-61(93-69)68(91)63(86)45(3)35-37-53(78)60-41-58(83)66(89)70(92-60)65(88)56(81)38-44(2)34-36-50(75)40-57(82)62(85)46(4)39-55(80)52(77)32-21-18-19-25-47(72)26-22-27-48(73)28-23-29-49(74)30-24-31-51(76)43-71/h5-7,10-15,20,23-24,28,30,33,38,46-91H,1,3,8-9,16-19,21-22,25-27,29,31-32,34-37,39-43H2,2,4H3/b7-6+,11-10+,13-12+,15-14+,28-23+,30-24+,33-20+,44-38+/t46-,47+,48+,49+,50-,51-,52-,53+,54+,55-,56+,57-,58+,59+,60+,61+,62+,63+,64-,65-,66+,67+,68-,69-,70-/m0/s1. The van der Waals surface area contributed by atoms with Gasteiger partial charge in [0.05, 0.1) is 92.1 Å². The van der Waals surface area contributed by atoms with Crippen LogP contribution in [0.5, 0.6) is 0 Å². The summed E-state index contributed by atoms with van der Waals surface area (Å²) >= 11 is 0. The molecule has 2 aliphatic heterocycles. The van der Waals surface area contributed by atoms with Crippen molar-refractivity contribution in [2.24, 2.45) is 5.92 Å². The average Bonchev–Trinajstić information content (AvgIpc) is 0.828. The lowest BCUT2D eigenvalue weighted by molar-refractivity contribution is -0.234. The third kappa shape index (κ3) is 34.5. The summed E-state index contributed by atoms with van der Waals surface area (Å²) in [6, 6.07) is 0. The second-order valence-corrected chi connectivity index (χ2v) is 25.4. The molecule has 0 aromatic rings. The van der Waals surface area contributed by atoms with Gasteiger partial charge in [0.2, 0.25) is 0 Å². The second-order valence-electron chi connectivity index (χ2n) is 25.4. The predicted molar refractivity (Wildman–Crippen MR) is 352 cm³/mol. The summed E-state index contributed by atoms with van der Waals surface area (Å²) in [5.41, 5.74) is 0.480. The maximum absolute atomic E-state index is 11.2. The van der Waals surface area contributed by atoms with Crippen LogP contribution >= 0.6 is 0 Å². The Labute approximate surface area is 550 Å². The molecule has 0 aliphatic carbocycles. The zero-order valence-corrected chi connectivity index (χ0v) is 54.6. The highest BCUT2D eigenvalue weighted by Crippen LogP contribution is 2.32. The van der Waals surface area contributed by atoms with E-state index in [4.69, 9.17) is 14.6 Å². The van der Waals surface area contributed by atoms with Gasteiger partial charge in [0.1, 0.15) is 61.0 Å². The number of hydrogen-bond donors (Lipinski definition) is 21. The monoisotopic (exact) mass is 1330 g/mol. The van der Waals surface area contributed by atoms with E-state index in [1.165, 1.54) is 18.2 Å². The molecule has 0 bridgehead atoms. The van der Waals surface area contributed by atoms with Crippen LogP contribution < -0.4 is 0 Å². The van der Waals surface area contributed by atoms with Gasteiger partial charge in [-0.15, -0.1) is 0 Å². The Morgan fingerprint density at radius 3 is 1.67 bits per heavy atom. The van der Waals surface area contributed by atoms with E-state index in [1.54, 1.807) is 44.2 Å². The molecule has 2 fully saturated rings. The molecule has 0 unspecified atom stereocenters. The van der Waals surface area contributed by atoms with Crippen LogP contribution in [0.3, 0.4) is 0 Å². The van der Waals surface area contributed by atoms with E-state index < -0.39 is 152 Å². The summed E-state index contributed by atoms with van der Waals surface area (Å²) in [6.45, 7) is 10.3.